The standard InChI is InChI=1S/C16H16N6O/c1-21-7-8-22(16(21)23)12-4-2-3-11(9-12)19-14-5-6-17-15-13(14)10-18-20-15/h2-6,9-10H,7-8H2,1H3,(H2,17,18,19,20). The lowest BCUT2D eigenvalue weighted by atomic mass is 10.2. The zero-order valence-corrected chi connectivity index (χ0v) is 12.7. The van der Waals surface area contributed by atoms with Crippen molar-refractivity contribution in [3.63, 3.8) is 0 Å². The number of H-pyrrole nitrogens is 1. The maximum absolute atomic E-state index is 12.1. The molecule has 1 fully saturated rings. The van der Waals surface area contributed by atoms with E-state index in [2.05, 4.69) is 20.5 Å². The average Bonchev–Trinajstić information content (AvgIpc) is 3.16. The largest absolute Gasteiger partial charge is 0.355 e. The molecule has 0 unspecified atom stereocenters. The first-order valence-electron chi connectivity index (χ1n) is 7.40. The van der Waals surface area contributed by atoms with Crippen molar-refractivity contribution in [1.29, 1.82) is 0 Å². The van der Waals surface area contributed by atoms with E-state index >= 15 is 0 Å². The summed E-state index contributed by atoms with van der Waals surface area (Å²) < 4.78 is 0. The van der Waals surface area contributed by atoms with Gasteiger partial charge in [-0.2, -0.15) is 5.10 Å². The number of hydrogen-bond donors (Lipinski definition) is 2. The minimum Gasteiger partial charge on any atom is -0.355 e. The average molecular weight is 308 g/mol. The molecule has 2 N–H and O–H groups in total. The highest BCUT2D eigenvalue weighted by Crippen LogP contribution is 2.27. The molecule has 1 aromatic carbocycles. The van der Waals surface area contributed by atoms with Crippen molar-refractivity contribution in [3.05, 3.63) is 42.7 Å². The van der Waals surface area contributed by atoms with E-state index in [1.54, 1.807) is 22.2 Å². The molecule has 0 atom stereocenters. The SMILES string of the molecule is CN1CCN(c2cccc(Nc3ccnc4[nH]ncc34)c2)C1=O. The van der Waals surface area contributed by atoms with Gasteiger partial charge in [-0.15, -0.1) is 0 Å². The molecule has 7 heteroatoms. The maximum atomic E-state index is 12.1. The monoisotopic (exact) mass is 308 g/mol. The lowest BCUT2D eigenvalue weighted by Gasteiger charge is -2.17. The van der Waals surface area contributed by atoms with Crippen molar-refractivity contribution in [2.45, 2.75) is 0 Å². The molecule has 4 rings (SSSR count). The molecule has 2 aromatic heterocycles. The van der Waals surface area contributed by atoms with Crippen molar-refractivity contribution in [3.8, 4) is 0 Å². The highest BCUT2D eigenvalue weighted by Gasteiger charge is 2.26. The number of likely N-dealkylation sites (N-methyl/N-ethyl adjacent to an activating group) is 1. The van der Waals surface area contributed by atoms with Crippen LogP contribution in [0.15, 0.2) is 42.7 Å². The van der Waals surface area contributed by atoms with Gasteiger partial charge in [-0.1, -0.05) is 6.07 Å². The van der Waals surface area contributed by atoms with Crippen molar-refractivity contribution in [2.75, 3.05) is 30.4 Å². The number of nitrogens with zero attached hydrogens (tertiary/aromatic N) is 4. The molecule has 1 aliphatic rings. The first-order chi connectivity index (χ1) is 11.2. The summed E-state index contributed by atoms with van der Waals surface area (Å²) >= 11 is 0. The number of fused-ring (bicyclic) bond motifs is 1. The summed E-state index contributed by atoms with van der Waals surface area (Å²) in [5, 5.41) is 11.2. The van der Waals surface area contributed by atoms with Gasteiger partial charge in [-0.25, -0.2) is 9.78 Å². The van der Waals surface area contributed by atoms with E-state index in [0.717, 1.165) is 34.6 Å². The number of benzene rings is 1. The van der Waals surface area contributed by atoms with Crippen molar-refractivity contribution in [1.82, 2.24) is 20.1 Å². The number of urea groups is 1. The zero-order valence-electron chi connectivity index (χ0n) is 12.7. The van der Waals surface area contributed by atoms with Gasteiger partial charge < -0.3 is 10.2 Å². The quantitative estimate of drug-likeness (QED) is 0.779. The molecule has 1 saturated heterocycles. The molecule has 23 heavy (non-hydrogen) atoms. The van der Waals surface area contributed by atoms with E-state index in [4.69, 9.17) is 0 Å². The van der Waals surface area contributed by atoms with Crippen LogP contribution in [0.2, 0.25) is 0 Å². The van der Waals surface area contributed by atoms with Crippen molar-refractivity contribution < 1.29 is 4.79 Å². The van der Waals surface area contributed by atoms with Gasteiger partial charge >= 0.3 is 6.03 Å². The minimum atomic E-state index is 0.0308. The van der Waals surface area contributed by atoms with Gasteiger partial charge in [0.05, 0.1) is 17.3 Å². The fraction of sp³-hybridized carbons (Fsp3) is 0.188. The van der Waals surface area contributed by atoms with Crippen LogP contribution >= 0.6 is 0 Å². The Labute approximate surface area is 132 Å². The van der Waals surface area contributed by atoms with Crippen LogP contribution in [0.1, 0.15) is 0 Å². The highest BCUT2D eigenvalue weighted by atomic mass is 16.2. The van der Waals surface area contributed by atoms with Crippen molar-refractivity contribution in [2.24, 2.45) is 0 Å². The van der Waals surface area contributed by atoms with Crippen LogP contribution in [0.3, 0.4) is 0 Å². The molecule has 0 spiro atoms. The summed E-state index contributed by atoms with van der Waals surface area (Å²) in [5.41, 5.74) is 3.47. The summed E-state index contributed by atoms with van der Waals surface area (Å²) in [6.07, 6.45) is 3.47. The lowest BCUT2D eigenvalue weighted by Crippen LogP contribution is -2.29. The molecular formula is C16H16N6O. The first kappa shape index (κ1) is 13.6. The topological polar surface area (TPSA) is 77.2 Å². The summed E-state index contributed by atoms with van der Waals surface area (Å²) in [6.45, 7) is 1.45. The predicted octanol–water partition coefficient (Wildman–Crippen LogP) is 2.57. The van der Waals surface area contributed by atoms with Gasteiger partial charge in [-0.3, -0.25) is 10.00 Å². The Balaban J connectivity index is 1.64. The number of carbonyl (C=O) groups excluding carboxylic acids is 1. The second-order valence-corrected chi connectivity index (χ2v) is 5.52. The Hall–Kier alpha value is -3.09. The van der Waals surface area contributed by atoms with Gasteiger partial charge in [-0.05, 0) is 24.3 Å². The van der Waals surface area contributed by atoms with E-state index in [1.807, 2.05) is 37.4 Å². The molecule has 0 radical (unpaired) electrons. The van der Waals surface area contributed by atoms with E-state index in [1.165, 1.54) is 0 Å². The van der Waals surface area contributed by atoms with Gasteiger partial charge in [0.25, 0.3) is 0 Å². The number of anilines is 3. The first-order valence-corrected chi connectivity index (χ1v) is 7.40. The summed E-state index contributed by atoms with van der Waals surface area (Å²) in [4.78, 5) is 19.9. The van der Waals surface area contributed by atoms with Crippen molar-refractivity contribution >= 4 is 34.1 Å². The zero-order chi connectivity index (χ0) is 15.8. The molecule has 0 saturated carbocycles. The number of carbonyl (C=O) groups is 1. The van der Waals surface area contributed by atoms with E-state index in [-0.39, 0.29) is 6.03 Å². The van der Waals surface area contributed by atoms with Crippen LogP contribution in [0, 0.1) is 0 Å². The third-order valence-corrected chi connectivity index (χ3v) is 4.01. The van der Waals surface area contributed by atoms with Gasteiger partial charge in [0, 0.05) is 37.7 Å². The van der Waals surface area contributed by atoms with E-state index in [0.29, 0.717) is 6.54 Å². The number of amides is 2. The Bertz CT molecular complexity index is 874. The normalized spacial score (nSPS) is 14.7. The smallest absolute Gasteiger partial charge is 0.324 e. The van der Waals surface area contributed by atoms with Crippen LogP contribution in [0.4, 0.5) is 21.9 Å². The molecule has 3 aromatic rings. The predicted molar refractivity (Wildman–Crippen MR) is 89.0 cm³/mol. The van der Waals surface area contributed by atoms with Crippen LogP contribution in [-0.4, -0.2) is 46.2 Å². The highest BCUT2D eigenvalue weighted by molar-refractivity contribution is 5.95. The second kappa shape index (κ2) is 5.28. The minimum absolute atomic E-state index is 0.0308. The lowest BCUT2D eigenvalue weighted by molar-refractivity contribution is 0.229. The molecule has 0 bridgehead atoms. The van der Waals surface area contributed by atoms with E-state index < -0.39 is 0 Å². The summed E-state index contributed by atoms with van der Waals surface area (Å²) in [7, 11) is 1.82. The fourth-order valence-corrected chi connectivity index (χ4v) is 2.75. The Kier molecular flexibility index (Phi) is 3.11. The van der Waals surface area contributed by atoms with Crippen LogP contribution in [-0.2, 0) is 0 Å². The fourth-order valence-electron chi connectivity index (χ4n) is 2.75. The number of pyridine rings is 1. The number of hydrogen-bond acceptors (Lipinski definition) is 4. The van der Waals surface area contributed by atoms with Gasteiger partial charge in [0.1, 0.15) is 0 Å². The molecule has 0 aliphatic carbocycles. The number of nitrogens with one attached hydrogen (secondary N) is 2. The summed E-state index contributed by atoms with van der Waals surface area (Å²) in [5.74, 6) is 0. The number of rotatable bonds is 3. The van der Waals surface area contributed by atoms with Gasteiger partial charge in [0.15, 0.2) is 5.65 Å². The summed E-state index contributed by atoms with van der Waals surface area (Å²) in [6, 6.07) is 9.77. The third kappa shape index (κ3) is 2.36. The molecule has 116 valence electrons. The molecule has 3 heterocycles. The number of aromatic nitrogens is 3. The van der Waals surface area contributed by atoms with Gasteiger partial charge in [0.2, 0.25) is 0 Å². The number of aromatic amines is 1. The molecular weight excluding hydrogens is 292 g/mol. The molecule has 1 aliphatic heterocycles. The van der Waals surface area contributed by atoms with Crippen LogP contribution < -0.4 is 10.2 Å². The maximum Gasteiger partial charge on any atom is 0.324 e. The second-order valence-electron chi connectivity index (χ2n) is 5.52. The van der Waals surface area contributed by atoms with Crippen LogP contribution in [0.25, 0.3) is 11.0 Å². The van der Waals surface area contributed by atoms with E-state index in [9.17, 15) is 4.79 Å². The molecule has 7 nitrogen and oxygen atoms in total. The Morgan fingerprint density at radius 2 is 2.17 bits per heavy atom. The van der Waals surface area contributed by atoms with Crippen LogP contribution in [0.5, 0.6) is 0 Å². The molecule has 2 amide bonds. The third-order valence-electron chi connectivity index (χ3n) is 4.01. The Morgan fingerprint density at radius 3 is 3.00 bits per heavy atom. The Morgan fingerprint density at radius 1 is 1.26 bits per heavy atom.